The minimum Gasteiger partial charge on any atom is -0.458 e. The van der Waals surface area contributed by atoms with Crippen molar-refractivity contribution < 1.29 is 13.9 Å². The number of hydrogen-bond acceptors (Lipinski definition) is 2. The summed E-state index contributed by atoms with van der Waals surface area (Å²) in [5, 5.41) is 11.4. The molecular weight excluding hydrogens is 347 g/mol. The SMILES string of the molecule is OC(c1cc2cc(F)ccc2o1)c1cc(Br)ccc1Cl. The second-order valence-corrected chi connectivity index (χ2v) is 5.72. The van der Waals surface area contributed by atoms with Crippen molar-refractivity contribution in [1.29, 1.82) is 0 Å². The third kappa shape index (κ3) is 2.46. The molecule has 3 aromatic rings. The molecule has 1 heterocycles. The molecule has 1 aromatic heterocycles. The smallest absolute Gasteiger partial charge is 0.138 e. The second-order valence-electron chi connectivity index (χ2n) is 4.40. The Hall–Kier alpha value is -1.36. The fraction of sp³-hybridized carbons (Fsp3) is 0.0667. The number of aliphatic hydroxyl groups excluding tert-OH is 1. The Kier molecular flexibility index (Phi) is 3.54. The number of fused-ring (bicyclic) bond motifs is 1. The maximum atomic E-state index is 13.2. The van der Waals surface area contributed by atoms with E-state index in [4.69, 9.17) is 16.0 Å². The van der Waals surface area contributed by atoms with Gasteiger partial charge in [-0.25, -0.2) is 4.39 Å². The van der Waals surface area contributed by atoms with Crippen molar-refractivity contribution in [2.75, 3.05) is 0 Å². The van der Waals surface area contributed by atoms with Gasteiger partial charge in [-0.1, -0.05) is 27.5 Å². The highest BCUT2D eigenvalue weighted by Crippen LogP contribution is 2.33. The van der Waals surface area contributed by atoms with E-state index >= 15 is 0 Å². The highest BCUT2D eigenvalue weighted by molar-refractivity contribution is 9.10. The number of rotatable bonds is 2. The van der Waals surface area contributed by atoms with Crippen LogP contribution in [0, 0.1) is 5.82 Å². The molecule has 0 aliphatic heterocycles. The molecule has 0 fully saturated rings. The van der Waals surface area contributed by atoms with Gasteiger partial charge in [0.2, 0.25) is 0 Å². The second kappa shape index (κ2) is 5.20. The van der Waals surface area contributed by atoms with Crippen LogP contribution in [0.2, 0.25) is 5.02 Å². The van der Waals surface area contributed by atoms with E-state index in [9.17, 15) is 9.50 Å². The summed E-state index contributed by atoms with van der Waals surface area (Å²) in [6, 6.07) is 11.0. The molecular formula is C15H9BrClFO2. The van der Waals surface area contributed by atoms with E-state index in [0.717, 1.165) is 4.47 Å². The van der Waals surface area contributed by atoms with E-state index in [1.165, 1.54) is 18.2 Å². The molecule has 5 heteroatoms. The van der Waals surface area contributed by atoms with Gasteiger partial charge in [0.15, 0.2) is 0 Å². The van der Waals surface area contributed by atoms with E-state index in [1.807, 2.05) is 0 Å². The lowest BCUT2D eigenvalue weighted by molar-refractivity contribution is 0.192. The van der Waals surface area contributed by atoms with E-state index in [0.29, 0.717) is 27.3 Å². The number of aliphatic hydroxyl groups is 1. The number of hydrogen-bond donors (Lipinski definition) is 1. The van der Waals surface area contributed by atoms with Crippen LogP contribution in [-0.2, 0) is 0 Å². The summed E-state index contributed by atoms with van der Waals surface area (Å²) in [4.78, 5) is 0. The quantitative estimate of drug-likeness (QED) is 0.696. The summed E-state index contributed by atoms with van der Waals surface area (Å²) < 4.78 is 19.5. The Morgan fingerprint density at radius 1 is 1.15 bits per heavy atom. The monoisotopic (exact) mass is 354 g/mol. The Labute approximate surface area is 127 Å². The standard InChI is InChI=1S/C15H9BrClFO2/c16-9-1-3-12(17)11(7-9)15(19)14-6-8-5-10(18)2-4-13(8)20-14/h1-7,15,19H. The zero-order valence-electron chi connectivity index (χ0n) is 10.1. The largest absolute Gasteiger partial charge is 0.458 e. The highest BCUT2D eigenvalue weighted by atomic mass is 79.9. The first kappa shape index (κ1) is 13.6. The molecule has 0 radical (unpaired) electrons. The Morgan fingerprint density at radius 3 is 2.75 bits per heavy atom. The highest BCUT2D eigenvalue weighted by Gasteiger charge is 2.18. The molecule has 102 valence electrons. The lowest BCUT2D eigenvalue weighted by Gasteiger charge is -2.10. The third-order valence-electron chi connectivity index (χ3n) is 3.02. The molecule has 20 heavy (non-hydrogen) atoms. The molecule has 0 amide bonds. The Balaban J connectivity index is 2.07. The molecule has 0 aliphatic carbocycles. The van der Waals surface area contributed by atoms with Crippen molar-refractivity contribution in [2.24, 2.45) is 0 Å². The van der Waals surface area contributed by atoms with Crippen molar-refractivity contribution in [3.8, 4) is 0 Å². The van der Waals surface area contributed by atoms with Gasteiger partial charge in [0.25, 0.3) is 0 Å². The van der Waals surface area contributed by atoms with Crippen LogP contribution in [0.1, 0.15) is 17.4 Å². The van der Waals surface area contributed by atoms with Crippen molar-refractivity contribution >= 4 is 38.5 Å². The fourth-order valence-electron chi connectivity index (χ4n) is 2.05. The molecule has 0 saturated carbocycles. The maximum absolute atomic E-state index is 13.2. The lowest BCUT2D eigenvalue weighted by Crippen LogP contribution is -1.98. The summed E-state index contributed by atoms with van der Waals surface area (Å²) >= 11 is 9.41. The minimum atomic E-state index is -1.00. The number of furan rings is 1. The Bertz CT molecular complexity index is 785. The van der Waals surface area contributed by atoms with Gasteiger partial charge in [-0.05, 0) is 42.5 Å². The average Bonchev–Trinajstić information content (AvgIpc) is 2.83. The minimum absolute atomic E-state index is 0.325. The van der Waals surface area contributed by atoms with Gasteiger partial charge in [-0.15, -0.1) is 0 Å². The summed E-state index contributed by atoms with van der Waals surface area (Å²) in [7, 11) is 0. The van der Waals surface area contributed by atoms with E-state index in [-0.39, 0.29) is 5.82 Å². The summed E-state index contributed by atoms with van der Waals surface area (Å²) in [6.07, 6.45) is -1.00. The number of benzene rings is 2. The lowest BCUT2D eigenvalue weighted by atomic mass is 10.1. The van der Waals surface area contributed by atoms with Gasteiger partial charge in [0, 0.05) is 20.4 Å². The van der Waals surface area contributed by atoms with Gasteiger partial charge in [-0.3, -0.25) is 0 Å². The molecule has 1 unspecified atom stereocenters. The topological polar surface area (TPSA) is 33.4 Å². The zero-order valence-corrected chi connectivity index (χ0v) is 12.5. The van der Waals surface area contributed by atoms with Crippen LogP contribution in [0.3, 0.4) is 0 Å². The van der Waals surface area contributed by atoms with Crippen LogP contribution in [0.5, 0.6) is 0 Å². The number of halogens is 3. The van der Waals surface area contributed by atoms with Crippen molar-refractivity contribution in [3.63, 3.8) is 0 Å². The van der Waals surface area contributed by atoms with E-state index < -0.39 is 6.10 Å². The normalized spacial score (nSPS) is 12.8. The van der Waals surface area contributed by atoms with Gasteiger partial charge in [-0.2, -0.15) is 0 Å². The maximum Gasteiger partial charge on any atom is 0.138 e. The van der Waals surface area contributed by atoms with Crippen molar-refractivity contribution in [2.45, 2.75) is 6.10 Å². The molecule has 1 N–H and O–H groups in total. The van der Waals surface area contributed by atoms with Crippen LogP contribution in [0.4, 0.5) is 4.39 Å². The van der Waals surface area contributed by atoms with Crippen LogP contribution < -0.4 is 0 Å². The molecule has 0 bridgehead atoms. The van der Waals surface area contributed by atoms with Crippen LogP contribution in [0.25, 0.3) is 11.0 Å². The van der Waals surface area contributed by atoms with Gasteiger partial charge < -0.3 is 9.52 Å². The predicted molar refractivity (Wildman–Crippen MR) is 79.4 cm³/mol. The first-order valence-corrected chi connectivity index (χ1v) is 7.04. The third-order valence-corrected chi connectivity index (χ3v) is 3.86. The molecule has 0 aliphatic rings. The molecule has 2 aromatic carbocycles. The summed E-state index contributed by atoms with van der Waals surface area (Å²) in [5.74, 6) is -0.0228. The van der Waals surface area contributed by atoms with Crippen LogP contribution in [0.15, 0.2) is 51.4 Å². The molecule has 3 rings (SSSR count). The summed E-state index contributed by atoms with van der Waals surface area (Å²) in [5.41, 5.74) is 1.05. The first-order valence-electron chi connectivity index (χ1n) is 5.86. The average molecular weight is 356 g/mol. The van der Waals surface area contributed by atoms with Crippen molar-refractivity contribution in [3.05, 3.63) is 69.1 Å². The van der Waals surface area contributed by atoms with Gasteiger partial charge >= 0.3 is 0 Å². The van der Waals surface area contributed by atoms with Crippen LogP contribution >= 0.6 is 27.5 Å². The van der Waals surface area contributed by atoms with Crippen molar-refractivity contribution in [1.82, 2.24) is 0 Å². The van der Waals surface area contributed by atoms with Crippen LogP contribution in [-0.4, -0.2) is 5.11 Å². The molecule has 0 spiro atoms. The van der Waals surface area contributed by atoms with E-state index in [1.54, 1.807) is 24.3 Å². The molecule has 2 nitrogen and oxygen atoms in total. The Morgan fingerprint density at radius 2 is 1.95 bits per heavy atom. The molecule has 1 atom stereocenters. The first-order chi connectivity index (χ1) is 9.54. The summed E-state index contributed by atoms with van der Waals surface area (Å²) in [6.45, 7) is 0. The van der Waals surface area contributed by atoms with E-state index in [2.05, 4.69) is 15.9 Å². The predicted octanol–water partition coefficient (Wildman–Crippen LogP) is 5.07. The molecule has 0 saturated heterocycles. The fourth-order valence-corrected chi connectivity index (χ4v) is 2.65. The van der Waals surface area contributed by atoms with Gasteiger partial charge in [0.1, 0.15) is 23.3 Å². The van der Waals surface area contributed by atoms with Gasteiger partial charge in [0.05, 0.1) is 0 Å². The zero-order chi connectivity index (χ0) is 14.3.